The van der Waals surface area contributed by atoms with Gasteiger partial charge in [0.2, 0.25) is 0 Å². The lowest BCUT2D eigenvalue weighted by Gasteiger charge is -2.22. The van der Waals surface area contributed by atoms with Crippen molar-refractivity contribution >= 4 is 19.9 Å². The molecule has 1 fully saturated rings. The quantitative estimate of drug-likeness (QED) is 0.638. The maximum absolute atomic E-state index is 12.3. The molecule has 20 heavy (non-hydrogen) atoms. The third-order valence-electron chi connectivity index (χ3n) is 3.10. The zero-order valence-corrected chi connectivity index (χ0v) is 12.7. The Balaban J connectivity index is 2.17. The molecular formula is C10H18N4O4S2. The number of H-pyrrole nitrogens is 1. The Bertz CT molecular complexity index is 665. The second-order valence-electron chi connectivity index (χ2n) is 4.83. The molecule has 0 saturated carbocycles. The number of aromatic nitrogens is 2. The van der Waals surface area contributed by atoms with E-state index in [0.717, 1.165) is 0 Å². The van der Waals surface area contributed by atoms with Crippen LogP contribution in [-0.2, 0) is 26.4 Å². The molecule has 10 heteroatoms. The molecule has 1 atom stereocenters. The van der Waals surface area contributed by atoms with Gasteiger partial charge in [0, 0.05) is 18.2 Å². The average Bonchev–Trinajstić information content (AvgIpc) is 2.76. The highest BCUT2D eigenvalue weighted by atomic mass is 32.2. The highest BCUT2D eigenvalue weighted by molar-refractivity contribution is 7.91. The molecule has 1 aromatic heterocycles. The first-order valence-corrected chi connectivity index (χ1v) is 9.54. The van der Waals surface area contributed by atoms with Crippen molar-refractivity contribution in [1.29, 1.82) is 0 Å². The molecule has 1 saturated heterocycles. The number of hydrogen-bond acceptors (Lipinski definition) is 6. The zero-order valence-electron chi connectivity index (χ0n) is 11.1. The number of hydrogen-bond donors (Lipinski definition) is 3. The first kappa shape index (κ1) is 15.4. The Morgan fingerprint density at radius 3 is 2.90 bits per heavy atom. The predicted octanol–water partition coefficient (Wildman–Crippen LogP) is -1.02. The summed E-state index contributed by atoms with van der Waals surface area (Å²) >= 11 is 0. The van der Waals surface area contributed by atoms with E-state index in [1.165, 1.54) is 6.20 Å². The Morgan fingerprint density at radius 2 is 2.25 bits per heavy atom. The monoisotopic (exact) mass is 322 g/mol. The van der Waals surface area contributed by atoms with Crippen molar-refractivity contribution in [3.8, 4) is 0 Å². The van der Waals surface area contributed by atoms with Crippen LogP contribution in [0.4, 0.5) is 0 Å². The molecule has 1 unspecified atom stereocenters. The van der Waals surface area contributed by atoms with Gasteiger partial charge in [-0.1, -0.05) is 0 Å². The Hall–Kier alpha value is -0.970. The van der Waals surface area contributed by atoms with Crippen LogP contribution in [0.2, 0.25) is 0 Å². The van der Waals surface area contributed by atoms with E-state index in [9.17, 15) is 16.8 Å². The van der Waals surface area contributed by atoms with Gasteiger partial charge in [0.05, 0.1) is 17.7 Å². The third kappa shape index (κ3) is 3.57. The molecule has 2 rings (SSSR count). The summed E-state index contributed by atoms with van der Waals surface area (Å²) in [5.74, 6) is -0.0258. The van der Waals surface area contributed by atoms with E-state index in [4.69, 9.17) is 0 Å². The molecule has 3 N–H and O–H groups in total. The van der Waals surface area contributed by atoms with Gasteiger partial charge in [-0.2, -0.15) is 5.10 Å². The summed E-state index contributed by atoms with van der Waals surface area (Å²) in [6.07, 6.45) is 2.43. The van der Waals surface area contributed by atoms with Crippen LogP contribution in [0.1, 0.15) is 18.4 Å². The Labute approximate surface area is 118 Å². The van der Waals surface area contributed by atoms with Crippen LogP contribution < -0.4 is 10.0 Å². The van der Waals surface area contributed by atoms with E-state index in [2.05, 4.69) is 20.2 Å². The van der Waals surface area contributed by atoms with Crippen molar-refractivity contribution in [2.75, 3.05) is 18.6 Å². The third-order valence-corrected chi connectivity index (χ3v) is 6.45. The summed E-state index contributed by atoms with van der Waals surface area (Å²) in [5.41, 5.74) is 0.513. The maximum Gasteiger partial charge on any atom is 0.258 e. The van der Waals surface area contributed by atoms with Gasteiger partial charge >= 0.3 is 0 Å². The normalized spacial score (nSPS) is 22.8. The lowest BCUT2D eigenvalue weighted by Crippen LogP contribution is -2.43. The zero-order chi connectivity index (χ0) is 14.8. The van der Waals surface area contributed by atoms with Crippen LogP contribution in [0.15, 0.2) is 11.2 Å². The number of rotatable bonds is 5. The fourth-order valence-electron chi connectivity index (χ4n) is 2.24. The number of sulfone groups is 1. The van der Waals surface area contributed by atoms with Gasteiger partial charge in [0.25, 0.3) is 10.0 Å². The van der Waals surface area contributed by atoms with Gasteiger partial charge < -0.3 is 5.32 Å². The van der Waals surface area contributed by atoms with E-state index in [-0.39, 0.29) is 16.5 Å². The molecule has 8 nitrogen and oxygen atoms in total. The molecule has 0 spiro atoms. The van der Waals surface area contributed by atoms with Crippen LogP contribution in [0.5, 0.6) is 0 Å². The summed E-state index contributed by atoms with van der Waals surface area (Å²) < 4.78 is 50.0. The summed E-state index contributed by atoms with van der Waals surface area (Å²) in [4.78, 5) is 0. The van der Waals surface area contributed by atoms with E-state index in [1.54, 1.807) is 7.05 Å². The van der Waals surface area contributed by atoms with Crippen molar-refractivity contribution in [3.05, 3.63) is 11.8 Å². The van der Waals surface area contributed by atoms with Crippen LogP contribution in [0, 0.1) is 0 Å². The number of aromatic amines is 1. The fourth-order valence-corrected chi connectivity index (χ4v) is 5.38. The lowest BCUT2D eigenvalue weighted by atomic mass is 10.2. The van der Waals surface area contributed by atoms with Gasteiger partial charge in [-0.15, -0.1) is 0 Å². The van der Waals surface area contributed by atoms with E-state index < -0.39 is 25.9 Å². The molecule has 1 aliphatic rings. The molecule has 0 radical (unpaired) electrons. The minimum absolute atomic E-state index is 0.0187. The largest absolute Gasteiger partial charge is 0.316 e. The molecule has 1 aliphatic heterocycles. The minimum Gasteiger partial charge on any atom is -0.316 e. The van der Waals surface area contributed by atoms with Gasteiger partial charge in [0.1, 0.15) is 0 Å². The lowest BCUT2D eigenvalue weighted by molar-refractivity contribution is 0.515. The first-order valence-electron chi connectivity index (χ1n) is 6.24. The second-order valence-corrected chi connectivity index (χ2v) is 8.71. The van der Waals surface area contributed by atoms with Crippen molar-refractivity contribution < 1.29 is 16.8 Å². The van der Waals surface area contributed by atoms with Gasteiger partial charge in [-0.3, -0.25) is 5.10 Å². The van der Waals surface area contributed by atoms with Crippen molar-refractivity contribution in [3.63, 3.8) is 0 Å². The molecule has 0 aromatic carbocycles. The highest BCUT2D eigenvalue weighted by Gasteiger charge is 2.30. The average molecular weight is 322 g/mol. The van der Waals surface area contributed by atoms with Crippen molar-refractivity contribution in [1.82, 2.24) is 20.2 Å². The number of nitrogens with zero attached hydrogens (tertiary/aromatic N) is 1. The standard InChI is InChI=1S/C10H18N4O4S2/c1-11-5-8-6-12-13-10(8)20(17,18)14-9-3-2-4-19(15,16)7-9/h6,9,11,14H,2-5,7H2,1H3,(H,12,13). The van der Waals surface area contributed by atoms with Gasteiger partial charge in [-0.05, 0) is 19.9 Å². The number of nitrogens with one attached hydrogen (secondary N) is 3. The number of sulfonamides is 1. The van der Waals surface area contributed by atoms with Crippen LogP contribution in [0.25, 0.3) is 0 Å². The molecular weight excluding hydrogens is 304 g/mol. The van der Waals surface area contributed by atoms with Crippen LogP contribution >= 0.6 is 0 Å². The van der Waals surface area contributed by atoms with E-state index in [1.807, 2.05) is 0 Å². The summed E-state index contributed by atoms with van der Waals surface area (Å²) in [6.45, 7) is 0.357. The Morgan fingerprint density at radius 1 is 1.50 bits per heavy atom. The highest BCUT2D eigenvalue weighted by Crippen LogP contribution is 2.17. The molecule has 1 aromatic rings. The summed E-state index contributed by atoms with van der Waals surface area (Å²) in [7, 11) is -5.25. The smallest absolute Gasteiger partial charge is 0.258 e. The maximum atomic E-state index is 12.3. The summed E-state index contributed by atoms with van der Waals surface area (Å²) in [6, 6.07) is -0.579. The fraction of sp³-hybridized carbons (Fsp3) is 0.700. The van der Waals surface area contributed by atoms with Gasteiger partial charge in [-0.25, -0.2) is 21.6 Å². The molecule has 0 aliphatic carbocycles. The topological polar surface area (TPSA) is 121 Å². The predicted molar refractivity (Wildman–Crippen MR) is 73.3 cm³/mol. The summed E-state index contributed by atoms with van der Waals surface area (Å²) in [5, 5.41) is 9.01. The molecule has 0 bridgehead atoms. The molecule has 114 valence electrons. The van der Waals surface area contributed by atoms with Crippen LogP contribution in [-0.4, -0.2) is 51.6 Å². The van der Waals surface area contributed by atoms with Crippen molar-refractivity contribution in [2.24, 2.45) is 0 Å². The molecule has 2 heterocycles. The Kier molecular flexibility index (Phi) is 4.47. The van der Waals surface area contributed by atoms with E-state index in [0.29, 0.717) is 24.9 Å². The second kappa shape index (κ2) is 5.80. The van der Waals surface area contributed by atoms with Crippen molar-refractivity contribution in [2.45, 2.75) is 30.5 Å². The van der Waals surface area contributed by atoms with Crippen LogP contribution in [0.3, 0.4) is 0 Å². The van der Waals surface area contributed by atoms with E-state index >= 15 is 0 Å². The van der Waals surface area contributed by atoms with Gasteiger partial charge in [0.15, 0.2) is 14.9 Å². The minimum atomic E-state index is -3.79. The first-order chi connectivity index (χ1) is 9.34. The SMILES string of the molecule is CNCc1cn[nH]c1S(=O)(=O)NC1CCCS(=O)(=O)C1. The molecule has 0 amide bonds.